The Hall–Kier alpha value is -0.860. The third kappa shape index (κ3) is 2.63. The zero-order chi connectivity index (χ0) is 11.5. The quantitative estimate of drug-likeness (QED) is 0.751. The first-order valence-corrected chi connectivity index (χ1v) is 6.15. The number of benzene rings is 1. The molecule has 1 aliphatic heterocycles. The van der Waals surface area contributed by atoms with Gasteiger partial charge in [0.15, 0.2) is 0 Å². The van der Waals surface area contributed by atoms with Crippen LogP contribution in [-0.4, -0.2) is 42.0 Å². The van der Waals surface area contributed by atoms with Crippen molar-refractivity contribution in [2.45, 2.75) is 32.5 Å². The van der Waals surface area contributed by atoms with Crippen LogP contribution in [0.25, 0.3) is 0 Å². The van der Waals surface area contributed by atoms with Gasteiger partial charge < -0.3 is 0 Å². The molecule has 1 unspecified atom stereocenters. The largest absolute Gasteiger partial charge is 0.298 e. The summed E-state index contributed by atoms with van der Waals surface area (Å²) in [4.78, 5) is 5.03. The second kappa shape index (κ2) is 4.98. The Morgan fingerprint density at radius 3 is 2.19 bits per heavy atom. The highest BCUT2D eigenvalue weighted by atomic mass is 15.3. The normalized spacial score (nSPS) is 28.2. The number of hydrogen-bond acceptors (Lipinski definition) is 2. The second-order valence-corrected chi connectivity index (χ2v) is 5.04. The standard InChI is InChI=1S/C14H22N2/c1-12-9-16(10-13(2)15(12)3)11-14-7-5-4-6-8-14/h4-8,12-13H,9-11H2,1-3H3/t12-,13?/m0/s1. The summed E-state index contributed by atoms with van der Waals surface area (Å²) in [7, 11) is 2.23. The first-order valence-electron chi connectivity index (χ1n) is 6.15. The molecular weight excluding hydrogens is 196 g/mol. The van der Waals surface area contributed by atoms with Gasteiger partial charge in [-0.25, -0.2) is 0 Å². The van der Waals surface area contributed by atoms with Crippen molar-refractivity contribution in [2.24, 2.45) is 0 Å². The SMILES string of the molecule is CC1CN(Cc2ccccc2)C[C@H](C)N1C. The van der Waals surface area contributed by atoms with Gasteiger partial charge >= 0.3 is 0 Å². The first-order chi connectivity index (χ1) is 7.66. The molecule has 0 N–H and O–H groups in total. The van der Waals surface area contributed by atoms with Crippen molar-refractivity contribution in [2.75, 3.05) is 20.1 Å². The number of hydrogen-bond donors (Lipinski definition) is 0. The molecule has 1 fully saturated rings. The van der Waals surface area contributed by atoms with Gasteiger partial charge in [-0.2, -0.15) is 0 Å². The van der Waals surface area contributed by atoms with Gasteiger partial charge in [-0.3, -0.25) is 9.80 Å². The van der Waals surface area contributed by atoms with Crippen molar-refractivity contribution in [1.29, 1.82) is 0 Å². The molecule has 0 spiro atoms. The van der Waals surface area contributed by atoms with Gasteiger partial charge in [0.2, 0.25) is 0 Å². The Kier molecular flexibility index (Phi) is 3.62. The molecule has 16 heavy (non-hydrogen) atoms. The van der Waals surface area contributed by atoms with Crippen molar-refractivity contribution < 1.29 is 0 Å². The summed E-state index contributed by atoms with van der Waals surface area (Å²) in [6, 6.07) is 12.1. The molecule has 1 aromatic rings. The fourth-order valence-electron chi connectivity index (χ4n) is 2.48. The van der Waals surface area contributed by atoms with Gasteiger partial charge in [0.05, 0.1) is 0 Å². The molecule has 0 saturated carbocycles. The van der Waals surface area contributed by atoms with Crippen molar-refractivity contribution in [3.8, 4) is 0 Å². The van der Waals surface area contributed by atoms with E-state index in [1.807, 2.05) is 0 Å². The third-order valence-electron chi connectivity index (χ3n) is 3.68. The van der Waals surface area contributed by atoms with E-state index in [0.29, 0.717) is 12.1 Å². The fraction of sp³-hybridized carbons (Fsp3) is 0.571. The van der Waals surface area contributed by atoms with E-state index >= 15 is 0 Å². The average molecular weight is 218 g/mol. The minimum atomic E-state index is 0.660. The van der Waals surface area contributed by atoms with Crippen LogP contribution in [0.3, 0.4) is 0 Å². The molecular formula is C14H22N2. The Balaban J connectivity index is 1.97. The highest BCUT2D eigenvalue weighted by molar-refractivity contribution is 5.14. The lowest BCUT2D eigenvalue weighted by molar-refractivity contribution is 0.0556. The van der Waals surface area contributed by atoms with Gasteiger partial charge in [0, 0.05) is 31.7 Å². The summed E-state index contributed by atoms with van der Waals surface area (Å²) in [5.74, 6) is 0. The van der Waals surface area contributed by atoms with E-state index in [4.69, 9.17) is 0 Å². The molecule has 2 heteroatoms. The number of piperazine rings is 1. The maximum absolute atomic E-state index is 2.56. The molecule has 2 atom stereocenters. The predicted octanol–water partition coefficient (Wildman–Crippen LogP) is 2.21. The van der Waals surface area contributed by atoms with Gasteiger partial charge in [-0.15, -0.1) is 0 Å². The van der Waals surface area contributed by atoms with Crippen LogP contribution in [-0.2, 0) is 6.54 Å². The van der Waals surface area contributed by atoms with Crippen LogP contribution in [0.15, 0.2) is 30.3 Å². The molecule has 0 amide bonds. The summed E-state index contributed by atoms with van der Waals surface area (Å²) in [6.45, 7) is 8.07. The van der Waals surface area contributed by atoms with Crippen molar-refractivity contribution in [3.63, 3.8) is 0 Å². The Morgan fingerprint density at radius 1 is 1.06 bits per heavy atom. The van der Waals surface area contributed by atoms with Crippen LogP contribution in [0.5, 0.6) is 0 Å². The van der Waals surface area contributed by atoms with Crippen molar-refractivity contribution in [3.05, 3.63) is 35.9 Å². The predicted molar refractivity (Wildman–Crippen MR) is 68.4 cm³/mol. The van der Waals surface area contributed by atoms with Crippen LogP contribution in [0.4, 0.5) is 0 Å². The van der Waals surface area contributed by atoms with Crippen LogP contribution in [0.2, 0.25) is 0 Å². The van der Waals surface area contributed by atoms with E-state index in [1.54, 1.807) is 0 Å². The van der Waals surface area contributed by atoms with Crippen LogP contribution in [0.1, 0.15) is 19.4 Å². The third-order valence-corrected chi connectivity index (χ3v) is 3.68. The van der Waals surface area contributed by atoms with Gasteiger partial charge in [-0.05, 0) is 26.5 Å². The molecule has 0 aromatic heterocycles. The molecule has 2 rings (SSSR count). The summed E-state index contributed by atoms with van der Waals surface area (Å²) >= 11 is 0. The molecule has 2 nitrogen and oxygen atoms in total. The molecule has 0 bridgehead atoms. The summed E-state index contributed by atoms with van der Waals surface area (Å²) in [5.41, 5.74) is 1.42. The fourth-order valence-corrected chi connectivity index (χ4v) is 2.48. The van der Waals surface area contributed by atoms with Crippen LogP contribution >= 0.6 is 0 Å². The Bertz CT molecular complexity index is 311. The summed E-state index contributed by atoms with van der Waals surface area (Å²) < 4.78 is 0. The van der Waals surface area contributed by atoms with E-state index in [9.17, 15) is 0 Å². The van der Waals surface area contributed by atoms with Crippen molar-refractivity contribution in [1.82, 2.24) is 9.80 Å². The molecule has 1 heterocycles. The summed E-state index contributed by atoms with van der Waals surface area (Å²) in [6.07, 6.45) is 0. The van der Waals surface area contributed by atoms with E-state index in [0.717, 1.165) is 6.54 Å². The minimum Gasteiger partial charge on any atom is -0.298 e. The monoisotopic (exact) mass is 218 g/mol. The lowest BCUT2D eigenvalue weighted by atomic mass is 10.1. The lowest BCUT2D eigenvalue weighted by Crippen LogP contribution is -2.54. The zero-order valence-corrected chi connectivity index (χ0v) is 10.6. The molecule has 0 radical (unpaired) electrons. The maximum Gasteiger partial charge on any atom is 0.0235 e. The van der Waals surface area contributed by atoms with Crippen LogP contribution < -0.4 is 0 Å². The molecule has 1 aliphatic rings. The van der Waals surface area contributed by atoms with E-state index in [-0.39, 0.29) is 0 Å². The van der Waals surface area contributed by atoms with Crippen molar-refractivity contribution >= 4 is 0 Å². The molecule has 88 valence electrons. The van der Waals surface area contributed by atoms with Gasteiger partial charge in [0.25, 0.3) is 0 Å². The molecule has 1 aromatic carbocycles. The summed E-state index contributed by atoms with van der Waals surface area (Å²) in [5, 5.41) is 0. The van der Waals surface area contributed by atoms with Crippen LogP contribution in [0, 0.1) is 0 Å². The lowest BCUT2D eigenvalue weighted by Gasteiger charge is -2.42. The minimum absolute atomic E-state index is 0.660. The van der Waals surface area contributed by atoms with Gasteiger partial charge in [-0.1, -0.05) is 30.3 Å². The van der Waals surface area contributed by atoms with E-state index in [1.165, 1.54) is 18.7 Å². The molecule has 1 saturated heterocycles. The van der Waals surface area contributed by atoms with Gasteiger partial charge in [0.1, 0.15) is 0 Å². The number of nitrogens with zero attached hydrogens (tertiary/aromatic N) is 2. The highest BCUT2D eigenvalue weighted by Gasteiger charge is 2.25. The number of likely N-dealkylation sites (N-methyl/N-ethyl adjacent to an activating group) is 1. The highest BCUT2D eigenvalue weighted by Crippen LogP contribution is 2.15. The van der Waals surface area contributed by atoms with E-state index in [2.05, 4.69) is 61.0 Å². The first kappa shape index (κ1) is 11.6. The zero-order valence-electron chi connectivity index (χ0n) is 10.6. The Labute approximate surface area is 98.9 Å². The number of rotatable bonds is 2. The average Bonchev–Trinajstić information content (AvgIpc) is 2.27. The second-order valence-electron chi connectivity index (χ2n) is 5.04. The smallest absolute Gasteiger partial charge is 0.0235 e. The topological polar surface area (TPSA) is 6.48 Å². The Morgan fingerprint density at radius 2 is 1.62 bits per heavy atom. The van der Waals surface area contributed by atoms with E-state index < -0.39 is 0 Å². The molecule has 0 aliphatic carbocycles. The maximum atomic E-state index is 2.56.